The largest absolute Gasteiger partial charge is 0.481 e. The van der Waals surface area contributed by atoms with E-state index in [9.17, 15) is 23.1 Å². The number of rotatable bonds is 8. The lowest BCUT2D eigenvalue weighted by atomic mass is 9.89. The zero-order valence-electron chi connectivity index (χ0n) is 15.5. The second-order valence-electron chi connectivity index (χ2n) is 7.05. The summed E-state index contributed by atoms with van der Waals surface area (Å²) < 4.78 is 29.5. The highest BCUT2D eigenvalue weighted by Crippen LogP contribution is 2.25. The molecule has 0 bridgehead atoms. The Morgan fingerprint density at radius 3 is 2.41 bits per heavy atom. The molecule has 1 aromatic carbocycles. The van der Waals surface area contributed by atoms with Gasteiger partial charge in [-0.3, -0.25) is 4.79 Å². The van der Waals surface area contributed by atoms with E-state index < -0.39 is 21.7 Å². The van der Waals surface area contributed by atoms with E-state index in [2.05, 4.69) is 0 Å². The van der Waals surface area contributed by atoms with Crippen molar-refractivity contribution in [2.24, 2.45) is 11.8 Å². The Kier molecular flexibility index (Phi) is 7.65. The van der Waals surface area contributed by atoms with Crippen molar-refractivity contribution in [3.8, 4) is 0 Å². The fourth-order valence-corrected chi connectivity index (χ4v) is 5.18. The average Bonchev–Trinajstić information content (AvgIpc) is 2.65. The van der Waals surface area contributed by atoms with Gasteiger partial charge in [-0.25, -0.2) is 13.2 Å². The number of amides is 1. The van der Waals surface area contributed by atoms with Crippen LogP contribution in [0.15, 0.2) is 30.3 Å². The van der Waals surface area contributed by atoms with Gasteiger partial charge in [-0.15, -0.1) is 0 Å². The van der Waals surface area contributed by atoms with Crippen LogP contribution in [-0.2, 0) is 25.1 Å². The van der Waals surface area contributed by atoms with Gasteiger partial charge in [0.2, 0.25) is 0 Å². The van der Waals surface area contributed by atoms with E-state index in [-0.39, 0.29) is 17.6 Å². The molecule has 0 unspecified atom stereocenters. The van der Waals surface area contributed by atoms with Gasteiger partial charge in [0.05, 0.1) is 24.5 Å². The van der Waals surface area contributed by atoms with Gasteiger partial charge in [-0.2, -0.15) is 0 Å². The number of hydrogen-bond acceptors (Lipinski definition) is 5. The van der Waals surface area contributed by atoms with Crippen molar-refractivity contribution in [1.82, 2.24) is 4.90 Å². The normalized spacial score (nSPS) is 16.7. The average molecular weight is 397 g/mol. The molecule has 150 valence electrons. The Bertz CT molecular complexity index is 726. The van der Waals surface area contributed by atoms with Gasteiger partial charge in [0.15, 0.2) is 9.84 Å². The van der Waals surface area contributed by atoms with Gasteiger partial charge in [-0.05, 0) is 37.2 Å². The second-order valence-corrected chi connectivity index (χ2v) is 9.16. The lowest BCUT2D eigenvalue weighted by Crippen LogP contribution is -2.38. The monoisotopic (exact) mass is 397 g/mol. The van der Waals surface area contributed by atoms with Crippen LogP contribution in [-0.4, -0.2) is 56.4 Å². The molecular weight excluding hydrogens is 370 g/mol. The van der Waals surface area contributed by atoms with E-state index in [0.717, 1.165) is 12.8 Å². The number of sulfone groups is 1. The number of benzene rings is 1. The summed E-state index contributed by atoms with van der Waals surface area (Å²) in [7, 11) is -2.16. The van der Waals surface area contributed by atoms with Gasteiger partial charge < -0.3 is 14.7 Å². The Hall–Kier alpha value is -2.09. The third kappa shape index (κ3) is 6.86. The molecule has 1 saturated heterocycles. The van der Waals surface area contributed by atoms with E-state index in [1.54, 1.807) is 29.2 Å². The molecule has 0 spiro atoms. The van der Waals surface area contributed by atoms with Crippen LogP contribution in [0.2, 0.25) is 0 Å². The van der Waals surface area contributed by atoms with Gasteiger partial charge >= 0.3 is 12.1 Å². The molecule has 1 atom stereocenters. The molecule has 0 saturated carbocycles. The van der Waals surface area contributed by atoms with Gasteiger partial charge in [0, 0.05) is 13.1 Å². The summed E-state index contributed by atoms with van der Waals surface area (Å²) in [5.74, 6) is -2.17. The van der Waals surface area contributed by atoms with E-state index in [1.165, 1.54) is 7.11 Å². The van der Waals surface area contributed by atoms with Crippen molar-refractivity contribution in [2.45, 2.75) is 31.4 Å². The third-order valence-electron chi connectivity index (χ3n) is 5.00. The number of aliphatic carboxylic acids is 1. The van der Waals surface area contributed by atoms with E-state index >= 15 is 0 Å². The minimum atomic E-state index is -3.51. The second kappa shape index (κ2) is 9.73. The molecule has 0 radical (unpaired) electrons. The molecule has 27 heavy (non-hydrogen) atoms. The molecule has 0 aliphatic carbocycles. The first-order chi connectivity index (χ1) is 12.8. The fraction of sp³-hybridized carbons (Fsp3) is 0.579. The standard InChI is InChI=1S/C19H27NO6S/c1-26-19(23)20-11-9-15(10-12-20)7-8-17(18(21)22)14-27(24,25)13-16-5-3-2-4-6-16/h2-6,15,17H,7-14H2,1H3,(H,21,22)/t17-/m0/s1. The first kappa shape index (κ1) is 21.2. The molecule has 1 aromatic rings. The summed E-state index contributed by atoms with van der Waals surface area (Å²) in [6, 6.07) is 8.78. The van der Waals surface area contributed by atoms with Crippen molar-refractivity contribution >= 4 is 21.9 Å². The van der Waals surface area contributed by atoms with Crippen molar-refractivity contribution in [2.75, 3.05) is 26.0 Å². The zero-order chi connectivity index (χ0) is 19.9. The summed E-state index contributed by atoms with van der Waals surface area (Å²) in [6.45, 7) is 1.17. The Labute approximate surface area is 160 Å². The fourth-order valence-electron chi connectivity index (χ4n) is 3.44. The predicted molar refractivity (Wildman–Crippen MR) is 101 cm³/mol. The van der Waals surface area contributed by atoms with Crippen LogP contribution in [0.4, 0.5) is 4.79 Å². The van der Waals surface area contributed by atoms with Crippen molar-refractivity contribution in [3.63, 3.8) is 0 Å². The molecule has 1 fully saturated rings. The minimum absolute atomic E-state index is 0.144. The lowest BCUT2D eigenvalue weighted by molar-refractivity contribution is -0.141. The van der Waals surface area contributed by atoms with Crippen LogP contribution in [0, 0.1) is 11.8 Å². The van der Waals surface area contributed by atoms with E-state index in [4.69, 9.17) is 4.74 Å². The van der Waals surface area contributed by atoms with Crippen molar-refractivity contribution in [3.05, 3.63) is 35.9 Å². The van der Waals surface area contributed by atoms with Crippen LogP contribution in [0.1, 0.15) is 31.2 Å². The zero-order valence-corrected chi connectivity index (χ0v) is 16.4. The first-order valence-electron chi connectivity index (χ1n) is 9.11. The minimum Gasteiger partial charge on any atom is -0.481 e. The number of likely N-dealkylation sites (tertiary alicyclic amines) is 1. The highest BCUT2D eigenvalue weighted by molar-refractivity contribution is 7.90. The molecule has 0 aromatic heterocycles. The summed E-state index contributed by atoms with van der Waals surface area (Å²) >= 11 is 0. The van der Waals surface area contributed by atoms with Crippen molar-refractivity contribution in [1.29, 1.82) is 0 Å². The smallest absolute Gasteiger partial charge is 0.409 e. The number of piperidine rings is 1. The van der Waals surface area contributed by atoms with Crippen LogP contribution in [0.25, 0.3) is 0 Å². The highest BCUT2D eigenvalue weighted by Gasteiger charge is 2.28. The number of nitrogens with zero attached hydrogens (tertiary/aromatic N) is 1. The van der Waals surface area contributed by atoms with Crippen LogP contribution < -0.4 is 0 Å². The summed E-state index contributed by atoms with van der Waals surface area (Å²) in [6.07, 6.45) is 2.18. The Morgan fingerprint density at radius 1 is 1.22 bits per heavy atom. The maximum atomic E-state index is 12.4. The SMILES string of the molecule is COC(=O)N1CCC(CC[C@@H](CS(=O)(=O)Cc2ccccc2)C(=O)O)CC1. The van der Waals surface area contributed by atoms with Crippen molar-refractivity contribution < 1.29 is 27.9 Å². The summed E-state index contributed by atoms with van der Waals surface area (Å²) in [5, 5.41) is 9.45. The molecule has 8 heteroatoms. The van der Waals surface area contributed by atoms with Crippen LogP contribution in [0.5, 0.6) is 0 Å². The number of carboxylic acids is 1. The number of carbonyl (C=O) groups excluding carboxylic acids is 1. The van der Waals surface area contributed by atoms with Crippen LogP contribution >= 0.6 is 0 Å². The van der Waals surface area contributed by atoms with Crippen LogP contribution in [0.3, 0.4) is 0 Å². The Balaban J connectivity index is 1.85. The number of hydrogen-bond donors (Lipinski definition) is 1. The van der Waals surface area contributed by atoms with Gasteiger partial charge in [-0.1, -0.05) is 30.3 Å². The maximum Gasteiger partial charge on any atom is 0.409 e. The first-order valence-corrected chi connectivity index (χ1v) is 10.9. The molecule has 1 aliphatic heterocycles. The van der Waals surface area contributed by atoms with E-state index in [1.807, 2.05) is 6.07 Å². The molecule has 7 nitrogen and oxygen atoms in total. The quantitative estimate of drug-likeness (QED) is 0.723. The molecule has 1 N–H and O–H groups in total. The number of carbonyl (C=O) groups is 2. The molecule has 1 amide bonds. The lowest BCUT2D eigenvalue weighted by Gasteiger charge is -2.31. The topological polar surface area (TPSA) is 101 Å². The Morgan fingerprint density at radius 2 is 1.85 bits per heavy atom. The predicted octanol–water partition coefficient (Wildman–Crippen LogP) is 2.56. The molecular formula is C19H27NO6S. The molecule has 2 rings (SSSR count). The number of methoxy groups -OCH3 is 1. The number of carboxylic acid groups (broad SMARTS) is 1. The highest BCUT2D eigenvalue weighted by atomic mass is 32.2. The molecule has 1 heterocycles. The van der Waals surface area contributed by atoms with Gasteiger partial charge in [0.1, 0.15) is 0 Å². The summed E-state index contributed by atoms with van der Waals surface area (Å²) in [4.78, 5) is 24.7. The van der Waals surface area contributed by atoms with E-state index in [0.29, 0.717) is 37.4 Å². The summed E-state index contributed by atoms with van der Waals surface area (Å²) in [5.41, 5.74) is 0.664. The molecule has 1 aliphatic rings. The third-order valence-corrected chi connectivity index (χ3v) is 6.69. The van der Waals surface area contributed by atoms with Gasteiger partial charge in [0.25, 0.3) is 0 Å². The maximum absolute atomic E-state index is 12.4. The number of ether oxygens (including phenoxy) is 1.